The molecule has 0 aliphatic carbocycles. The van der Waals surface area contributed by atoms with Crippen molar-refractivity contribution in [2.24, 2.45) is 0 Å². The van der Waals surface area contributed by atoms with Gasteiger partial charge in [-0.05, 0) is 14.1 Å². The number of carbonyl (C=O) groups is 2. The van der Waals surface area contributed by atoms with Crippen LogP contribution in [0.2, 0.25) is 0 Å². The van der Waals surface area contributed by atoms with Crippen LogP contribution in [0.5, 0.6) is 0 Å². The van der Waals surface area contributed by atoms with Gasteiger partial charge in [-0.15, -0.1) is 0 Å². The van der Waals surface area contributed by atoms with Crippen molar-refractivity contribution in [2.45, 2.75) is 6.04 Å². The van der Waals surface area contributed by atoms with Gasteiger partial charge in [0.2, 0.25) is 11.8 Å². The van der Waals surface area contributed by atoms with Gasteiger partial charge in [0.1, 0.15) is 6.04 Å². The van der Waals surface area contributed by atoms with E-state index in [1.54, 1.807) is 0 Å². The highest BCUT2D eigenvalue weighted by atomic mass is 16.5. The van der Waals surface area contributed by atoms with E-state index in [4.69, 9.17) is 4.74 Å². The van der Waals surface area contributed by atoms with Crippen molar-refractivity contribution in [3.63, 3.8) is 0 Å². The number of nitrogens with one attached hydrogen (secondary N) is 3. The molecule has 0 aromatic heterocycles. The molecule has 0 bridgehead atoms. The van der Waals surface area contributed by atoms with E-state index in [0.717, 1.165) is 6.54 Å². The lowest BCUT2D eigenvalue weighted by Gasteiger charge is -2.23. The summed E-state index contributed by atoms with van der Waals surface area (Å²) in [6, 6.07) is -0.343. The van der Waals surface area contributed by atoms with Crippen molar-refractivity contribution in [1.82, 2.24) is 20.9 Å². The van der Waals surface area contributed by atoms with Gasteiger partial charge in [0, 0.05) is 19.6 Å². The van der Waals surface area contributed by atoms with Gasteiger partial charge in [0.25, 0.3) is 0 Å². The molecule has 1 aliphatic rings. The highest BCUT2D eigenvalue weighted by molar-refractivity contribution is 5.86. The summed E-state index contributed by atoms with van der Waals surface area (Å²) < 4.78 is 5.35. The van der Waals surface area contributed by atoms with Gasteiger partial charge in [-0.3, -0.25) is 14.9 Å². The molecular formula is C11H22N4O3. The van der Waals surface area contributed by atoms with Gasteiger partial charge in [0.15, 0.2) is 0 Å². The fourth-order valence-electron chi connectivity index (χ4n) is 1.47. The molecule has 1 fully saturated rings. The average Bonchev–Trinajstić information content (AvgIpc) is 2.34. The molecule has 7 nitrogen and oxygen atoms in total. The maximum Gasteiger partial charge on any atom is 0.239 e. The minimum Gasteiger partial charge on any atom is -0.378 e. The van der Waals surface area contributed by atoms with Gasteiger partial charge >= 0.3 is 0 Å². The maximum absolute atomic E-state index is 11.7. The molecule has 1 unspecified atom stereocenters. The zero-order valence-electron chi connectivity index (χ0n) is 11.0. The topological polar surface area (TPSA) is 82.7 Å². The summed E-state index contributed by atoms with van der Waals surface area (Å²) >= 11 is 0. The number of rotatable bonds is 7. The van der Waals surface area contributed by atoms with E-state index in [2.05, 4.69) is 16.0 Å². The minimum absolute atomic E-state index is 0.0777. The standard InChI is InChI=1S/C11H22N4O3/c1-15(2)4-6-18-5-3-12-11(17)9-7-14-10(16)8-13-9/h9,13H,3-8H2,1-2H3,(H,12,17)(H,14,16). The Morgan fingerprint density at radius 1 is 1.50 bits per heavy atom. The molecule has 1 atom stereocenters. The molecule has 18 heavy (non-hydrogen) atoms. The number of hydrogen-bond acceptors (Lipinski definition) is 5. The molecule has 0 radical (unpaired) electrons. The van der Waals surface area contributed by atoms with E-state index in [9.17, 15) is 9.59 Å². The van der Waals surface area contributed by atoms with Gasteiger partial charge < -0.3 is 20.3 Å². The molecule has 1 heterocycles. The van der Waals surface area contributed by atoms with Crippen LogP contribution in [0.1, 0.15) is 0 Å². The fraction of sp³-hybridized carbons (Fsp3) is 0.818. The highest BCUT2D eigenvalue weighted by Crippen LogP contribution is 1.88. The van der Waals surface area contributed by atoms with Crippen LogP contribution in [0.15, 0.2) is 0 Å². The molecule has 3 N–H and O–H groups in total. The molecule has 1 saturated heterocycles. The van der Waals surface area contributed by atoms with Crippen LogP contribution < -0.4 is 16.0 Å². The molecule has 0 spiro atoms. The third kappa shape index (κ3) is 5.95. The largest absolute Gasteiger partial charge is 0.378 e. The number of piperazine rings is 1. The van der Waals surface area contributed by atoms with Gasteiger partial charge in [-0.1, -0.05) is 0 Å². The quantitative estimate of drug-likeness (QED) is 0.450. The Bertz CT molecular complexity index is 273. The Morgan fingerprint density at radius 3 is 2.89 bits per heavy atom. The maximum atomic E-state index is 11.7. The molecule has 104 valence electrons. The predicted molar refractivity (Wildman–Crippen MR) is 67.2 cm³/mol. The molecule has 2 amide bonds. The molecular weight excluding hydrogens is 236 g/mol. The molecule has 0 aromatic rings. The Kier molecular flexibility index (Phi) is 6.63. The first-order valence-corrected chi connectivity index (χ1v) is 6.10. The second kappa shape index (κ2) is 8.02. The Labute approximate surface area is 107 Å². The van der Waals surface area contributed by atoms with E-state index < -0.39 is 0 Å². The smallest absolute Gasteiger partial charge is 0.239 e. The Hall–Kier alpha value is -1.18. The van der Waals surface area contributed by atoms with E-state index >= 15 is 0 Å². The van der Waals surface area contributed by atoms with E-state index in [-0.39, 0.29) is 24.4 Å². The minimum atomic E-state index is -0.343. The molecule has 1 rings (SSSR count). The molecule has 0 aromatic carbocycles. The summed E-state index contributed by atoms with van der Waals surface area (Å²) in [5, 5.41) is 8.27. The van der Waals surface area contributed by atoms with Crippen LogP contribution in [-0.2, 0) is 14.3 Å². The predicted octanol–water partition coefficient (Wildman–Crippen LogP) is -2.23. The lowest BCUT2D eigenvalue weighted by molar-refractivity contribution is -0.126. The summed E-state index contributed by atoms with van der Waals surface area (Å²) in [5.41, 5.74) is 0. The zero-order chi connectivity index (χ0) is 13.4. The third-order valence-corrected chi connectivity index (χ3v) is 2.56. The van der Waals surface area contributed by atoms with Crippen LogP contribution in [0.4, 0.5) is 0 Å². The van der Waals surface area contributed by atoms with Crippen LogP contribution in [0.25, 0.3) is 0 Å². The summed E-state index contributed by atoms with van der Waals surface area (Å²) in [6.45, 7) is 3.03. The first-order valence-electron chi connectivity index (χ1n) is 6.10. The van der Waals surface area contributed by atoms with E-state index in [1.807, 2.05) is 19.0 Å². The van der Waals surface area contributed by atoms with E-state index in [0.29, 0.717) is 26.3 Å². The Balaban J connectivity index is 2.01. The number of likely N-dealkylation sites (N-methyl/N-ethyl adjacent to an activating group) is 1. The fourth-order valence-corrected chi connectivity index (χ4v) is 1.47. The zero-order valence-corrected chi connectivity index (χ0v) is 11.0. The van der Waals surface area contributed by atoms with Crippen LogP contribution in [0.3, 0.4) is 0 Å². The van der Waals surface area contributed by atoms with Gasteiger partial charge in [-0.25, -0.2) is 0 Å². The molecule has 7 heteroatoms. The van der Waals surface area contributed by atoms with Crippen molar-refractivity contribution >= 4 is 11.8 Å². The van der Waals surface area contributed by atoms with Crippen molar-refractivity contribution in [2.75, 3.05) is 53.5 Å². The molecule has 1 aliphatic heterocycles. The van der Waals surface area contributed by atoms with Crippen molar-refractivity contribution in [3.05, 3.63) is 0 Å². The Morgan fingerprint density at radius 2 is 2.28 bits per heavy atom. The number of nitrogens with zero attached hydrogens (tertiary/aromatic N) is 1. The van der Waals surface area contributed by atoms with Crippen LogP contribution in [0, 0.1) is 0 Å². The highest BCUT2D eigenvalue weighted by Gasteiger charge is 2.22. The number of hydrogen-bond donors (Lipinski definition) is 3. The normalized spacial score (nSPS) is 19.7. The van der Waals surface area contributed by atoms with Gasteiger partial charge in [0.05, 0.1) is 19.8 Å². The summed E-state index contributed by atoms with van der Waals surface area (Å²) in [4.78, 5) is 24.6. The average molecular weight is 258 g/mol. The number of ether oxygens (including phenoxy) is 1. The monoisotopic (exact) mass is 258 g/mol. The number of carbonyl (C=O) groups excluding carboxylic acids is 2. The van der Waals surface area contributed by atoms with E-state index in [1.165, 1.54) is 0 Å². The first kappa shape index (κ1) is 14.9. The SMILES string of the molecule is CN(C)CCOCCNC(=O)C1CNC(=O)CN1. The van der Waals surface area contributed by atoms with Crippen LogP contribution in [-0.4, -0.2) is 76.2 Å². The van der Waals surface area contributed by atoms with Crippen LogP contribution >= 0.6 is 0 Å². The van der Waals surface area contributed by atoms with Crippen molar-refractivity contribution in [1.29, 1.82) is 0 Å². The summed E-state index contributed by atoms with van der Waals surface area (Å²) in [6.07, 6.45) is 0. The summed E-state index contributed by atoms with van der Waals surface area (Å²) in [5.74, 6) is -0.183. The lowest BCUT2D eigenvalue weighted by Crippen LogP contribution is -2.58. The third-order valence-electron chi connectivity index (χ3n) is 2.56. The number of amides is 2. The van der Waals surface area contributed by atoms with Gasteiger partial charge in [-0.2, -0.15) is 0 Å². The van der Waals surface area contributed by atoms with Crippen molar-refractivity contribution in [3.8, 4) is 0 Å². The lowest BCUT2D eigenvalue weighted by atomic mass is 10.2. The van der Waals surface area contributed by atoms with Crippen molar-refractivity contribution < 1.29 is 14.3 Å². The summed E-state index contributed by atoms with van der Waals surface area (Å²) in [7, 11) is 3.96. The molecule has 0 saturated carbocycles. The first-order chi connectivity index (χ1) is 8.59. The second-order valence-electron chi connectivity index (χ2n) is 4.44. The second-order valence-corrected chi connectivity index (χ2v) is 4.44.